The van der Waals surface area contributed by atoms with Crippen molar-refractivity contribution in [1.82, 2.24) is 5.32 Å². The van der Waals surface area contributed by atoms with Crippen molar-refractivity contribution < 1.29 is 4.74 Å². The van der Waals surface area contributed by atoms with Gasteiger partial charge < -0.3 is 10.1 Å². The van der Waals surface area contributed by atoms with Crippen LogP contribution in [0.2, 0.25) is 0 Å². The number of fused-ring (bicyclic) bond motifs is 1. The van der Waals surface area contributed by atoms with Gasteiger partial charge in [-0.3, -0.25) is 0 Å². The average Bonchev–Trinajstić information content (AvgIpc) is 3.21. The third-order valence-corrected chi connectivity index (χ3v) is 4.44. The first kappa shape index (κ1) is 13.9. The van der Waals surface area contributed by atoms with E-state index in [0.717, 1.165) is 31.2 Å². The van der Waals surface area contributed by atoms with Crippen LogP contribution in [0.25, 0.3) is 0 Å². The van der Waals surface area contributed by atoms with E-state index in [2.05, 4.69) is 45.1 Å². The van der Waals surface area contributed by atoms with E-state index in [-0.39, 0.29) is 5.41 Å². The molecule has 0 aromatic heterocycles. The summed E-state index contributed by atoms with van der Waals surface area (Å²) in [6.07, 6.45) is 4.87. The average molecular weight is 273 g/mol. The van der Waals surface area contributed by atoms with Gasteiger partial charge in [0.25, 0.3) is 0 Å². The lowest BCUT2D eigenvalue weighted by Gasteiger charge is -2.33. The van der Waals surface area contributed by atoms with Gasteiger partial charge in [-0.25, -0.2) is 0 Å². The first-order chi connectivity index (χ1) is 9.49. The van der Waals surface area contributed by atoms with Crippen molar-refractivity contribution in [3.63, 3.8) is 0 Å². The van der Waals surface area contributed by atoms with Crippen LogP contribution >= 0.6 is 0 Å². The zero-order valence-electron chi connectivity index (χ0n) is 13.3. The summed E-state index contributed by atoms with van der Waals surface area (Å²) in [6.45, 7) is 9.92. The zero-order chi connectivity index (χ0) is 14.3. The quantitative estimate of drug-likeness (QED) is 0.894. The first-order valence-corrected chi connectivity index (χ1v) is 8.05. The van der Waals surface area contributed by atoms with Gasteiger partial charge in [-0.15, -0.1) is 0 Å². The lowest BCUT2D eigenvalue weighted by molar-refractivity contribution is 0.245. The molecule has 0 amide bonds. The molecule has 2 heteroatoms. The van der Waals surface area contributed by atoms with E-state index in [0.29, 0.717) is 6.04 Å². The molecule has 0 saturated heterocycles. The van der Waals surface area contributed by atoms with Crippen LogP contribution in [0.4, 0.5) is 0 Å². The van der Waals surface area contributed by atoms with Crippen LogP contribution in [0.15, 0.2) is 12.1 Å². The number of hydrogen-bond donors (Lipinski definition) is 1. The van der Waals surface area contributed by atoms with Gasteiger partial charge in [0.05, 0.1) is 6.61 Å². The van der Waals surface area contributed by atoms with E-state index in [1.165, 1.54) is 29.5 Å². The summed E-state index contributed by atoms with van der Waals surface area (Å²) in [6, 6.07) is 5.94. The number of rotatable bonds is 3. The molecule has 1 fully saturated rings. The lowest BCUT2D eigenvalue weighted by Crippen LogP contribution is -2.30. The van der Waals surface area contributed by atoms with Crippen molar-refractivity contribution >= 4 is 0 Å². The van der Waals surface area contributed by atoms with Gasteiger partial charge in [-0.1, -0.05) is 39.8 Å². The molecule has 3 rings (SSSR count). The maximum Gasteiger partial charge on any atom is 0.127 e. The highest BCUT2D eigenvalue weighted by Gasteiger charge is 2.32. The summed E-state index contributed by atoms with van der Waals surface area (Å²) in [4.78, 5) is 0. The Balaban J connectivity index is 2.04. The molecular formula is C18H27NO. The Morgan fingerprint density at radius 1 is 1.20 bits per heavy atom. The molecular weight excluding hydrogens is 246 g/mol. The molecule has 0 radical (unpaired) electrons. The first-order valence-electron chi connectivity index (χ1n) is 8.05. The highest BCUT2D eigenvalue weighted by molar-refractivity contribution is 5.50. The van der Waals surface area contributed by atoms with Crippen LogP contribution < -0.4 is 10.1 Å². The van der Waals surface area contributed by atoms with Crippen LogP contribution in [-0.4, -0.2) is 12.6 Å². The van der Waals surface area contributed by atoms with E-state index in [9.17, 15) is 0 Å². The molecule has 0 spiro atoms. The van der Waals surface area contributed by atoms with Gasteiger partial charge >= 0.3 is 0 Å². The molecule has 1 aliphatic carbocycles. The Labute approximate surface area is 122 Å². The SMILES string of the molecule is CCc1cc2c(c(C(C)(C)C)c1)OCCC2NC1CC1. The number of hydrogen-bond acceptors (Lipinski definition) is 2. The minimum atomic E-state index is 0.136. The van der Waals surface area contributed by atoms with E-state index >= 15 is 0 Å². The Morgan fingerprint density at radius 3 is 2.55 bits per heavy atom. The summed E-state index contributed by atoms with van der Waals surface area (Å²) < 4.78 is 6.07. The Bertz CT molecular complexity index is 497. The van der Waals surface area contributed by atoms with E-state index in [4.69, 9.17) is 4.74 Å². The van der Waals surface area contributed by atoms with Crippen molar-refractivity contribution in [2.45, 2.75) is 70.9 Å². The highest BCUT2D eigenvalue weighted by Crippen LogP contribution is 2.42. The van der Waals surface area contributed by atoms with Gasteiger partial charge in [0.15, 0.2) is 0 Å². The smallest absolute Gasteiger partial charge is 0.127 e. The van der Waals surface area contributed by atoms with E-state index in [1.807, 2.05) is 0 Å². The molecule has 1 atom stereocenters. The van der Waals surface area contributed by atoms with Crippen molar-refractivity contribution in [3.8, 4) is 5.75 Å². The predicted octanol–water partition coefficient (Wildman–Crippen LogP) is 4.12. The van der Waals surface area contributed by atoms with Crippen molar-refractivity contribution in [2.24, 2.45) is 0 Å². The second kappa shape index (κ2) is 5.07. The Hall–Kier alpha value is -1.02. The monoisotopic (exact) mass is 273 g/mol. The minimum absolute atomic E-state index is 0.136. The minimum Gasteiger partial charge on any atom is -0.493 e. The molecule has 1 aliphatic heterocycles. The molecule has 1 aromatic carbocycles. The highest BCUT2D eigenvalue weighted by atomic mass is 16.5. The van der Waals surface area contributed by atoms with Gasteiger partial charge in [-0.2, -0.15) is 0 Å². The van der Waals surface area contributed by atoms with E-state index in [1.54, 1.807) is 0 Å². The fraction of sp³-hybridized carbons (Fsp3) is 0.667. The van der Waals surface area contributed by atoms with Crippen molar-refractivity contribution in [3.05, 3.63) is 28.8 Å². The summed E-state index contributed by atoms with van der Waals surface area (Å²) in [5, 5.41) is 3.80. The maximum absolute atomic E-state index is 6.07. The molecule has 20 heavy (non-hydrogen) atoms. The van der Waals surface area contributed by atoms with Crippen LogP contribution in [-0.2, 0) is 11.8 Å². The fourth-order valence-corrected chi connectivity index (χ4v) is 3.04. The largest absolute Gasteiger partial charge is 0.493 e. The maximum atomic E-state index is 6.07. The zero-order valence-corrected chi connectivity index (χ0v) is 13.3. The van der Waals surface area contributed by atoms with Crippen molar-refractivity contribution in [1.29, 1.82) is 0 Å². The summed E-state index contributed by atoms with van der Waals surface area (Å²) in [5.41, 5.74) is 4.33. The number of nitrogens with one attached hydrogen (secondary N) is 1. The molecule has 110 valence electrons. The van der Waals surface area contributed by atoms with Crippen LogP contribution in [0.1, 0.15) is 69.7 Å². The predicted molar refractivity (Wildman–Crippen MR) is 83.5 cm³/mol. The van der Waals surface area contributed by atoms with Crippen molar-refractivity contribution in [2.75, 3.05) is 6.61 Å². The lowest BCUT2D eigenvalue weighted by atomic mass is 9.81. The molecule has 2 aliphatic rings. The molecule has 1 saturated carbocycles. The summed E-state index contributed by atoms with van der Waals surface area (Å²) in [5.74, 6) is 1.15. The fourth-order valence-electron chi connectivity index (χ4n) is 3.04. The van der Waals surface area contributed by atoms with Gasteiger partial charge in [-0.05, 0) is 30.2 Å². The second-order valence-corrected chi connectivity index (χ2v) is 7.30. The second-order valence-electron chi connectivity index (χ2n) is 7.30. The Kier molecular flexibility index (Phi) is 3.53. The molecule has 2 nitrogen and oxygen atoms in total. The van der Waals surface area contributed by atoms with Gasteiger partial charge in [0.1, 0.15) is 5.75 Å². The van der Waals surface area contributed by atoms with Gasteiger partial charge in [0.2, 0.25) is 0 Å². The molecule has 1 heterocycles. The normalized spacial score (nSPS) is 22.3. The van der Waals surface area contributed by atoms with E-state index < -0.39 is 0 Å². The third-order valence-electron chi connectivity index (χ3n) is 4.44. The van der Waals surface area contributed by atoms with Crippen LogP contribution in [0, 0.1) is 0 Å². The number of benzene rings is 1. The number of aryl methyl sites for hydroxylation is 1. The molecule has 1 N–H and O–H groups in total. The third kappa shape index (κ3) is 2.71. The molecule has 1 unspecified atom stereocenters. The molecule has 1 aromatic rings. The van der Waals surface area contributed by atoms with Crippen LogP contribution in [0.3, 0.4) is 0 Å². The Morgan fingerprint density at radius 2 is 1.95 bits per heavy atom. The topological polar surface area (TPSA) is 21.3 Å². The van der Waals surface area contributed by atoms with Gasteiger partial charge in [0, 0.05) is 29.6 Å². The summed E-state index contributed by atoms with van der Waals surface area (Å²) in [7, 11) is 0. The standard InChI is InChI=1S/C18H27NO/c1-5-12-10-14-16(19-13-6-7-13)8-9-20-17(14)15(11-12)18(2,3)4/h10-11,13,16,19H,5-9H2,1-4H3. The molecule has 0 bridgehead atoms. The van der Waals surface area contributed by atoms with Crippen LogP contribution in [0.5, 0.6) is 5.75 Å². The number of ether oxygens (including phenoxy) is 1. The summed E-state index contributed by atoms with van der Waals surface area (Å²) >= 11 is 0.